The SMILES string of the molecule is CCc1ccc(NC(N)=NCC2(c3cccc(C(F)(F)F)c3)CCOCC2)cc1.I. The van der Waals surface area contributed by atoms with Gasteiger partial charge in [0.1, 0.15) is 0 Å². The van der Waals surface area contributed by atoms with Gasteiger partial charge in [0.05, 0.1) is 12.1 Å². The molecule has 164 valence electrons. The summed E-state index contributed by atoms with van der Waals surface area (Å²) in [6, 6.07) is 13.4. The van der Waals surface area contributed by atoms with Crippen molar-refractivity contribution in [2.45, 2.75) is 37.8 Å². The maximum atomic E-state index is 13.2. The number of nitrogens with two attached hydrogens (primary N) is 1. The summed E-state index contributed by atoms with van der Waals surface area (Å²) in [6.45, 7) is 3.35. The Morgan fingerprint density at radius 1 is 1.13 bits per heavy atom. The van der Waals surface area contributed by atoms with Gasteiger partial charge in [-0.15, -0.1) is 24.0 Å². The van der Waals surface area contributed by atoms with Crippen molar-refractivity contribution in [2.24, 2.45) is 10.7 Å². The number of hydrogen-bond donors (Lipinski definition) is 2. The third kappa shape index (κ3) is 6.10. The van der Waals surface area contributed by atoms with E-state index in [0.29, 0.717) is 38.2 Å². The summed E-state index contributed by atoms with van der Waals surface area (Å²) in [5.74, 6) is 0.243. The average molecular weight is 533 g/mol. The number of nitrogens with zero attached hydrogens (tertiary/aromatic N) is 1. The van der Waals surface area contributed by atoms with E-state index in [2.05, 4.69) is 17.2 Å². The highest BCUT2D eigenvalue weighted by atomic mass is 127. The van der Waals surface area contributed by atoms with E-state index in [4.69, 9.17) is 10.5 Å². The molecule has 0 amide bonds. The van der Waals surface area contributed by atoms with E-state index in [1.54, 1.807) is 6.07 Å². The van der Waals surface area contributed by atoms with Crippen molar-refractivity contribution in [1.29, 1.82) is 0 Å². The van der Waals surface area contributed by atoms with Crippen LogP contribution in [0.25, 0.3) is 0 Å². The van der Waals surface area contributed by atoms with Gasteiger partial charge in [-0.25, -0.2) is 0 Å². The number of nitrogens with one attached hydrogen (secondary N) is 1. The third-order valence-corrected chi connectivity index (χ3v) is 5.44. The summed E-state index contributed by atoms with van der Waals surface area (Å²) in [6.07, 6.45) is -2.24. The molecule has 1 aliphatic heterocycles. The highest BCUT2D eigenvalue weighted by Crippen LogP contribution is 2.38. The minimum atomic E-state index is -4.38. The van der Waals surface area contributed by atoms with Crippen LogP contribution >= 0.6 is 24.0 Å². The van der Waals surface area contributed by atoms with Gasteiger partial charge in [-0.05, 0) is 48.6 Å². The summed E-state index contributed by atoms with van der Waals surface area (Å²) in [5, 5.41) is 3.05. The van der Waals surface area contributed by atoms with E-state index in [1.807, 2.05) is 24.3 Å². The summed E-state index contributed by atoms with van der Waals surface area (Å²) in [7, 11) is 0. The zero-order chi connectivity index (χ0) is 20.9. The van der Waals surface area contributed by atoms with Gasteiger partial charge >= 0.3 is 6.18 Å². The topological polar surface area (TPSA) is 59.6 Å². The fraction of sp³-hybridized carbons (Fsp3) is 0.409. The summed E-state index contributed by atoms with van der Waals surface area (Å²) in [5.41, 5.74) is 7.55. The quantitative estimate of drug-likeness (QED) is 0.309. The van der Waals surface area contributed by atoms with Crippen LogP contribution in [0.15, 0.2) is 53.5 Å². The van der Waals surface area contributed by atoms with Gasteiger partial charge in [-0.3, -0.25) is 4.99 Å². The zero-order valence-electron chi connectivity index (χ0n) is 16.8. The Morgan fingerprint density at radius 3 is 2.40 bits per heavy atom. The van der Waals surface area contributed by atoms with Gasteiger partial charge in [0, 0.05) is 24.3 Å². The van der Waals surface area contributed by atoms with Crippen molar-refractivity contribution < 1.29 is 17.9 Å². The second-order valence-corrected chi connectivity index (χ2v) is 7.35. The number of guanidine groups is 1. The van der Waals surface area contributed by atoms with Crippen molar-refractivity contribution in [3.63, 3.8) is 0 Å². The molecule has 1 fully saturated rings. The maximum absolute atomic E-state index is 13.2. The van der Waals surface area contributed by atoms with Gasteiger partial charge in [0.2, 0.25) is 0 Å². The van der Waals surface area contributed by atoms with Crippen molar-refractivity contribution in [2.75, 3.05) is 25.1 Å². The molecule has 0 atom stereocenters. The van der Waals surface area contributed by atoms with Gasteiger partial charge < -0.3 is 15.8 Å². The number of benzene rings is 2. The first-order valence-electron chi connectivity index (χ1n) is 9.74. The Morgan fingerprint density at radius 2 is 1.80 bits per heavy atom. The number of halogens is 4. The lowest BCUT2D eigenvalue weighted by molar-refractivity contribution is -0.137. The zero-order valence-corrected chi connectivity index (χ0v) is 19.2. The van der Waals surface area contributed by atoms with Crippen LogP contribution in [0.4, 0.5) is 18.9 Å². The molecule has 1 aliphatic rings. The van der Waals surface area contributed by atoms with Gasteiger partial charge in [0.25, 0.3) is 0 Å². The molecule has 30 heavy (non-hydrogen) atoms. The number of aryl methyl sites for hydroxylation is 1. The average Bonchev–Trinajstić information content (AvgIpc) is 2.73. The highest BCUT2D eigenvalue weighted by molar-refractivity contribution is 14.0. The second-order valence-electron chi connectivity index (χ2n) is 7.35. The molecule has 2 aromatic carbocycles. The van der Waals surface area contributed by atoms with E-state index < -0.39 is 17.2 Å². The standard InChI is InChI=1S/C22H26F3N3O.HI/c1-2-16-6-8-19(9-7-16)28-20(26)27-15-21(10-12-29-13-11-21)17-4-3-5-18(14-17)22(23,24)25;/h3-9,14H,2,10-13,15H2,1H3,(H3,26,27,28);1H. The Balaban J connectivity index is 0.00000320. The molecule has 0 unspecified atom stereocenters. The molecule has 1 saturated heterocycles. The van der Waals surface area contributed by atoms with E-state index in [-0.39, 0.29) is 29.9 Å². The number of ether oxygens (including phenoxy) is 1. The molecule has 0 saturated carbocycles. The molecular formula is C22H27F3IN3O. The number of hydrogen-bond acceptors (Lipinski definition) is 2. The minimum Gasteiger partial charge on any atom is -0.381 e. The Kier molecular flexibility index (Phi) is 8.54. The van der Waals surface area contributed by atoms with Crippen LogP contribution in [-0.4, -0.2) is 25.7 Å². The van der Waals surface area contributed by atoms with Crippen molar-refractivity contribution in [1.82, 2.24) is 0 Å². The molecule has 0 aliphatic carbocycles. The van der Waals surface area contributed by atoms with Gasteiger partial charge in [0.15, 0.2) is 5.96 Å². The lowest BCUT2D eigenvalue weighted by Gasteiger charge is -2.37. The predicted octanol–water partition coefficient (Wildman–Crippen LogP) is 5.36. The van der Waals surface area contributed by atoms with Crippen molar-refractivity contribution in [3.05, 3.63) is 65.2 Å². The van der Waals surface area contributed by atoms with E-state index in [9.17, 15) is 13.2 Å². The van der Waals surface area contributed by atoms with Crippen LogP contribution < -0.4 is 11.1 Å². The molecule has 0 spiro atoms. The van der Waals surface area contributed by atoms with Gasteiger partial charge in [-0.1, -0.05) is 37.3 Å². The Bertz CT molecular complexity index is 847. The summed E-state index contributed by atoms with van der Waals surface area (Å²) in [4.78, 5) is 4.47. The number of alkyl halides is 3. The molecular weight excluding hydrogens is 506 g/mol. The van der Waals surface area contributed by atoms with Crippen LogP contribution in [-0.2, 0) is 22.7 Å². The van der Waals surface area contributed by atoms with Crippen LogP contribution in [0.1, 0.15) is 36.5 Å². The molecule has 4 nitrogen and oxygen atoms in total. The van der Waals surface area contributed by atoms with Crippen molar-refractivity contribution in [3.8, 4) is 0 Å². The normalized spacial score (nSPS) is 16.6. The van der Waals surface area contributed by atoms with Gasteiger partial charge in [-0.2, -0.15) is 13.2 Å². The fourth-order valence-electron chi connectivity index (χ4n) is 3.57. The number of aliphatic imine (C=N–C) groups is 1. The maximum Gasteiger partial charge on any atom is 0.416 e. The largest absolute Gasteiger partial charge is 0.416 e. The molecule has 0 bridgehead atoms. The van der Waals surface area contributed by atoms with Crippen LogP contribution in [0.5, 0.6) is 0 Å². The molecule has 0 aromatic heterocycles. The molecule has 3 N–H and O–H groups in total. The monoisotopic (exact) mass is 533 g/mol. The number of anilines is 1. The summed E-state index contributed by atoms with van der Waals surface area (Å²) >= 11 is 0. The van der Waals surface area contributed by atoms with Crippen LogP contribution in [0, 0.1) is 0 Å². The Hall–Kier alpha value is -1.81. The first kappa shape index (κ1) is 24.5. The van der Waals surface area contributed by atoms with E-state index in [1.165, 1.54) is 17.7 Å². The molecule has 3 rings (SSSR count). The molecule has 1 heterocycles. The smallest absolute Gasteiger partial charge is 0.381 e. The van der Waals surface area contributed by atoms with E-state index in [0.717, 1.165) is 18.2 Å². The second kappa shape index (κ2) is 10.5. The van der Waals surface area contributed by atoms with E-state index >= 15 is 0 Å². The van der Waals surface area contributed by atoms with Crippen LogP contribution in [0.2, 0.25) is 0 Å². The lowest BCUT2D eigenvalue weighted by Crippen LogP contribution is -2.38. The molecule has 2 aromatic rings. The Labute approximate surface area is 192 Å². The first-order chi connectivity index (χ1) is 13.8. The highest BCUT2D eigenvalue weighted by Gasteiger charge is 2.37. The molecule has 8 heteroatoms. The third-order valence-electron chi connectivity index (χ3n) is 5.44. The first-order valence-corrected chi connectivity index (χ1v) is 9.74. The molecule has 0 radical (unpaired) electrons. The number of rotatable bonds is 5. The van der Waals surface area contributed by atoms with Crippen molar-refractivity contribution >= 4 is 35.6 Å². The fourth-order valence-corrected chi connectivity index (χ4v) is 3.57. The predicted molar refractivity (Wildman–Crippen MR) is 125 cm³/mol. The van der Waals surface area contributed by atoms with Crippen LogP contribution in [0.3, 0.4) is 0 Å². The summed E-state index contributed by atoms with van der Waals surface area (Å²) < 4.78 is 45.0. The lowest BCUT2D eigenvalue weighted by atomic mass is 9.74. The minimum absolute atomic E-state index is 0.